The Morgan fingerprint density at radius 1 is 1.44 bits per heavy atom. The van der Waals surface area contributed by atoms with Crippen molar-refractivity contribution in [3.8, 4) is 5.75 Å². The zero-order valence-electron chi connectivity index (χ0n) is 10.3. The molecule has 0 fully saturated rings. The summed E-state index contributed by atoms with van der Waals surface area (Å²) < 4.78 is 10.7. The standard InChI is InChI=1S/C13H15ClN2O2/c1-8-5-11(16-18-8)7-17-13-4-3-10(14)6-12(13)9(2)15/h3-6,9H,7,15H2,1-2H3. The first-order valence-corrected chi connectivity index (χ1v) is 6.04. The first-order valence-electron chi connectivity index (χ1n) is 5.66. The van der Waals surface area contributed by atoms with E-state index >= 15 is 0 Å². The van der Waals surface area contributed by atoms with Gasteiger partial charge in [0.15, 0.2) is 0 Å². The van der Waals surface area contributed by atoms with Gasteiger partial charge >= 0.3 is 0 Å². The molecule has 1 aromatic carbocycles. The van der Waals surface area contributed by atoms with Gasteiger partial charge in [0.25, 0.3) is 0 Å². The fraction of sp³-hybridized carbons (Fsp3) is 0.308. The van der Waals surface area contributed by atoms with Crippen LogP contribution >= 0.6 is 11.6 Å². The molecule has 1 unspecified atom stereocenters. The van der Waals surface area contributed by atoms with Crippen molar-refractivity contribution in [1.82, 2.24) is 5.16 Å². The van der Waals surface area contributed by atoms with Gasteiger partial charge in [-0.3, -0.25) is 0 Å². The van der Waals surface area contributed by atoms with Gasteiger partial charge in [0.1, 0.15) is 23.8 Å². The van der Waals surface area contributed by atoms with E-state index in [9.17, 15) is 0 Å². The van der Waals surface area contributed by atoms with Gasteiger partial charge in [-0.15, -0.1) is 0 Å². The minimum atomic E-state index is -0.141. The van der Waals surface area contributed by atoms with E-state index in [-0.39, 0.29) is 6.04 Å². The first kappa shape index (κ1) is 12.9. The predicted molar refractivity (Wildman–Crippen MR) is 69.6 cm³/mol. The van der Waals surface area contributed by atoms with Crippen LogP contribution in [0.4, 0.5) is 0 Å². The van der Waals surface area contributed by atoms with Gasteiger partial charge in [0.05, 0.1) is 0 Å². The van der Waals surface area contributed by atoms with Crippen LogP contribution in [-0.4, -0.2) is 5.16 Å². The number of aromatic nitrogens is 1. The summed E-state index contributed by atoms with van der Waals surface area (Å²) in [5, 5.41) is 4.51. The second-order valence-corrected chi connectivity index (χ2v) is 4.62. The summed E-state index contributed by atoms with van der Waals surface area (Å²) in [5.41, 5.74) is 7.51. The molecule has 1 atom stereocenters. The fourth-order valence-corrected chi connectivity index (χ4v) is 1.82. The molecule has 2 aromatic rings. The molecule has 5 heteroatoms. The number of halogens is 1. The highest BCUT2D eigenvalue weighted by Crippen LogP contribution is 2.27. The van der Waals surface area contributed by atoms with Gasteiger partial charge in [-0.1, -0.05) is 16.8 Å². The molecule has 96 valence electrons. The van der Waals surface area contributed by atoms with Crippen molar-refractivity contribution in [1.29, 1.82) is 0 Å². The molecule has 18 heavy (non-hydrogen) atoms. The smallest absolute Gasteiger partial charge is 0.134 e. The zero-order chi connectivity index (χ0) is 13.1. The van der Waals surface area contributed by atoms with Crippen LogP contribution in [0.1, 0.15) is 30.0 Å². The number of aryl methyl sites for hydroxylation is 1. The van der Waals surface area contributed by atoms with Gasteiger partial charge in [0.2, 0.25) is 0 Å². The van der Waals surface area contributed by atoms with Crippen molar-refractivity contribution in [2.75, 3.05) is 0 Å². The maximum atomic E-state index is 5.94. The van der Waals surface area contributed by atoms with Crippen molar-refractivity contribution < 1.29 is 9.26 Å². The van der Waals surface area contributed by atoms with E-state index < -0.39 is 0 Å². The summed E-state index contributed by atoms with van der Waals surface area (Å²) in [6, 6.07) is 7.10. The number of hydrogen-bond donors (Lipinski definition) is 1. The number of hydrogen-bond acceptors (Lipinski definition) is 4. The number of rotatable bonds is 4. The highest BCUT2D eigenvalue weighted by molar-refractivity contribution is 6.30. The second kappa shape index (κ2) is 5.42. The molecule has 1 aromatic heterocycles. The third-order valence-electron chi connectivity index (χ3n) is 2.51. The lowest BCUT2D eigenvalue weighted by molar-refractivity contribution is 0.284. The van der Waals surface area contributed by atoms with Crippen molar-refractivity contribution in [3.63, 3.8) is 0 Å². The Bertz CT molecular complexity index is 538. The van der Waals surface area contributed by atoms with E-state index in [0.29, 0.717) is 11.6 Å². The molecule has 0 saturated carbocycles. The molecule has 0 bridgehead atoms. The molecule has 2 rings (SSSR count). The number of ether oxygens (including phenoxy) is 1. The molecule has 0 aliphatic heterocycles. The lowest BCUT2D eigenvalue weighted by Crippen LogP contribution is -2.08. The fourth-order valence-electron chi connectivity index (χ4n) is 1.64. The average molecular weight is 267 g/mol. The van der Waals surface area contributed by atoms with Crippen molar-refractivity contribution in [2.45, 2.75) is 26.5 Å². The molecule has 4 nitrogen and oxygen atoms in total. The van der Waals surface area contributed by atoms with Gasteiger partial charge in [-0.25, -0.2) is 0 Å². The van der Waals surface area contributed by atoms with Crippen LogP contribution in [0.25, 0.3) is 0 Å². The van der Waals surface area contributed by atoms with E-state index in [0.717, 1.165) is 22.8 Å². The largest absolute Gasteiger partial charge is 0.487 e. The molecule has 0 aliphatic rings. The summed E-state index contributed by atoms with van der Waals surface area (Å²) in [6.45, 7) is 4.07. The summed E-state index contributed by atoms with van der Waals surface area (Å²) in [4.78, 5) is 0. The Labute approximate surface area is 111 Å². The number of nitrogens with zero attached hydrogens (tertiary/aromatic N) is 1. The van der Waals surface area contributed by atoms with Gasteiger partial charge < -0.3 is 15.0 Å². The summed E-state index contributed by atoms with van der Waals surface area (Å²) in [7, 11) is 0. The number of benzene rings is 1. The minimum absolute atomic E-state index is 0.141. The van der Waals surface area contributed by atoms with E-state index in [1.807, 2.05) is 32.0 Å². The van der Waals surface area contributed by atoms with Crippen LogP contribution in [0, 0.1) is 6.92 Å². The van der Waals surface area contributed by atoms with Crippen LogP contribution in [0.2, 0.25) is 5.02 Å². The molecule has 0 amide bonds. The predicted octanol–water partition coefficient (Wildman–Crippen LogP) is 3.24. The average Bonchev–Trinajstić information content (AvgIpc) is 2.73. The first-order chi connectivity index (χ1) is 8.56. The van der Waals surface area contributed by atoms with Crippen LogP contribution in [0.5, 0.6) is 5.75 Å². The van der Waals surface area contributed by atoms with Crippen molar-refractivity contribution in [2.24, 2.45) is 5.73 Å². The summed E-state index contributed by atoms with van der Waals surface area (Å²) >= 11 is 5.94. The lowest BCUT2D eigenvalue weighted by atomic mass is 10.1. The Balaban J connectivity index is 2.13. The van der Waals surface area contributed by atoms with Gasteiger partial charge in [-0.05, 0) is 32.0 Å². The van der Waals surface area contributed by atoms with E-state index in [4.69, 9.17) is 26.6 Å². The van der Waals surface area contributed by atoms with E-state index in [1.54, 1.807) is 6.07 Å². The molecule has 0 saturated heterocycles. The lowest BCUT2D eigenvalue weighted by Gasteiger charge is -2.13. The molecule has 0 radical (unpaired) electrons. The third kappa shape index (κ3) is 3.03. The zero-order valence-corrected chi connectivity index (χ0v) is 11.1. The highest BCUT2D eigenvalue weighted by atomic mass is 35.5. The molecule has 1 heterocycles. The number of nitrogens with two attached hydrogens (primary N) is 1. The highest BCUT2D eigenvalue weighted by Gasteiger charge is 2.10. The Morgan fingerprint density at radius 3 is 2.83 bits per heavy atom. The van der Waals surface area contributed by atoms with E-state index in [1.165, 1.54) is 0 Å². The van der Waals surface area contributed by atoms with Crippen molar-refractivity contribution in [3.05, 3.63) is 46.3 Å². The summed E-state index contributed by atoms with van der Waals surface area (Å²) in [5.74, 6) is 1.48. The van der Waals surface area contributed by atoms with Crippen LogP contribution in [0.15, 0.2) is 28.8 Å². The molecule has 0 aliphatic carbocycles. The van der Waals surface area contributed by atoms with Gasteiger partial charge in [-0.2, -0.15) is 0 Å². The maximum absolute atomic E-state index is 5.94. The topological polar surface area (TPSA) is 61.3 Å². The molecular weight excluding hydrogens is 252 g/mol. The van der Waals surface area contributed by atoms with Crippen molar-refractivity contribution >= 4 is 11.6 Å². The Morgan fingerprint density at radius 2 is 2.22 bits per heavy atom. The third-order valence-corrected chi connectivity index (χ3v) is 2.75. The van der Waals surface area contributed by atoms with Crippen LogP contribution < -0.4 is 10.5 Å². The second-order valence-electron chi connectivity index (χ2n) is 4.19. The SMILES string of the molecule is Cc1cc(COc2ccc(Cl)cc2C(C)N)no1. The monoisotopic (exact) mass is 266 g/mol. The molecule has 2 N–H and O–H groups in total. The molecular formula is C13H15ClN2O2. The minimum Gasteiger partial charge on any atom is -0.487 e. The van der Waals surface area contributed by atoms with Crippen LogP contribution in [-0.2, 0) is 6.61 Å². The maximum Gasteiger partial charge on any atom is 0.134 e. The Kier molecular flexibility index (Phi) is 3.89. The van der Waals surface area contributed by atoms with Crippen LogP contribution in [0.3, 0.4) is 0 Å². The van der Waals surface area contributed by atoms with E-state index in [2.05, 4.69) is 5.16 Å². The Hall–Kier alpha value is -1.52. The van der Waals surface area contributed by atoms with Gasteiger partial charge in [0, 0.05) is 22.7 Å². The summed E-state index contributed by atoms with van der Waals surface area (Å²) in [6.07, 6.45) is 0. The molecule has 0 spiro atoms. The quantitative estimate of drug-likeness (QED) is 0.923. The normalized spacial score (nSPS) is 12.4.